The van der Waals surface area contributed by atoms with E-state index in [1.807, 2.05) is 12.1 Å². The van der Waals surface area contributed by atoms with Gasteiger partial charge in [-0.05, 0) is 114 Å². The minimum absolute atomic E-state index is 0.869. The third-order valence-corrected chi connectivity index (χ3v) is 11.3. The predicted octanol–water partition coefficient (Wildman–Crippen LogP) is 15.5. The molecule has 0 N–H and O–H groups in total. The third-order valence-electron chi connectivity index (χ3n) is 11.3. The van der Waals surface area contributed by atoms with Crippen LogP contribution in [-0.4, -0.2) is 0 Å². The van der Waals surface area contributed by atoms with E-state index in [9.17, 15) is 0 Å². The van der Waals surface area contributed by atoms with Gasteiger partial charge in [0, 0.05) is 16.8 Å². The molecule has 0 aliphatic heterocycles. The van der Waals surface area contributed by atoms with Gasteiger partial charge in [-0.15, -0.1) is 0 Å². The van der Waals surface area contributed by atoms with Gasteiger partial charge in [0.15, 0.2) is 0 Å². The molecule has 0 atom stereocenters. The Morgan fingerprint density at radius 3 is 1.68 bits per heavy atom. The average Bonchev–Trinajstić information content (AvgIpc) is 3.66. The molecule has 11 rings (SSSR count). The zero-order valence-corrected chi connectivity index (χ0v) is 30.6. The van der Waals surface area contributed by atoms with E-state index in [4.69, 9.17) is 4.42 Å². The average molecular weight is 714 g/mol. The molecule has 0 saturated heterocycles. The van der Waals surface area contributed by atoms with Crippen molar-refractivity contribution in [3.05, 3.63) is 212 Å². The Labute approximate surface area is 325 Å². The maximum atomic E-state index is 6.40. The van der Waals surface area contributed by atoms with Crippen LogP contribution in [0.3, 0.4) is 0 Å². The summed E-state index contributed by atoms with van der Waals surface area (Å²) in [7, 11) is 0. The second-order valence-corrected chi connectivity index (χ2v) is 14.5. The molecular weight excluding hydrogens is 679 g/mol. The lowest BCUT2D eigenvalue weighted by Gasteiger charge is -2.27. The van der Waals surface area contributed by atoms with Crippen LogP contribution in [-0.2, 0) is 0 Å². The van der Waals surface area contributed by atoms with Gasteiger partial charge in [0.25, 0.3) is 0 Å². The highest BCUT2D eigenvalue weighted by molar-refractivity contribution is 6.13. The molecule has 0 unspecified atom stereocenters. The van der Waals surface area contributed by atoms with Crippen molar-refractivity contribution in [3.63, 3.8) is 0 Å². The van der Waals surface area contributed by atoms with Gasteiger partial charge >= 0.3 is 0 Å². The number of fused-ring (bicyclic) bond motifs is 7. The van der Waals surface area contributed by atoms with Gasteiger partial charge in [-0.2, -0.15) is 0 Å². The van der Waals surface area contributed by atoms with Gasteiger partial charge in [0.05, 0.1) is 11.1 Å². The van der Waals surface area contributed by atoms with Crippen molar-refractivity contribution in [2.45, 2.75) is 0 Å². The zero-order valence-electron chi connectivity index (χ0n) is 30.6. The van der Waals surface area contributed by atoms with Crippen molar-refractivity contribution >= 4 is 71.3 Å². The Morgan fingerprint density at radius 1 is 0.304 bits per heavy atom. The molecule has 0 aliphatic carbocycles. The molecule has 0 saturated carbocycles. The minimum atomic E-state index is 0.869. The maximum absolute atomic E-state index is 6.40. The monoisotopic (exact) mass is 713 g/mol. The number of hydrogen-bond donors (Lipinski definition) is 0. The number of para-hydroxylation sites is 1. The van der Waals surface area contributed by atoms with Crippen molar-refractivity contribution in [2.24, 2.45) is 0 Å². The molecule has 0 fully saturated rings. The second-order valence-electron chi connectivity index (χ2n) is 14.5. The van der Waals surface area contributed by atoms with Crippen LogP contribution < -0.4 is 4.90 Å². The first kappa shape index (κ1) is 32.0. The summed E-state index contributed by atoms with van der Waals surface area (Å²) in [5, 5.41) is 9.76. The van der Waals surface area contributed by atoms with Crippen molar-refractivity contribution in [1.82, 2.24) is 0 Å². The van der Waals surface area contributed by atoms with Gasteiger partial charge in [0.1, 0.15) is 11.2 Å². The molecule has 56 heavy (non-hydrogen) atoms. The molecule has 0 spiro atoms. The largest absolute Gasteiger partial charge is 0.456 e. The summed E-state index contributed by atoms with van der Waals surface area (Å²) in [5.41, 5.74) is 12.1. The predicted molar refractivity (Wildman–Crippen MR) is 237 cm³/mol. The van der Waals surface area contributed by atoms with E-state index in [0.717, 1.165) is 44.6 Å². The van der Waals surface area contributed by atoms with E-state index in [-0.39, 0.29) is 0 Å². The zero-order chi connectivity index (χ0) is 37.0. The van der Waals surface area contributed by atoms with Crippen LogP contribution in [0, 0.1) is 0 Å². The topological polar surface area (TPSA) is 16.4 Å². The highest BCUT2D eigenvalue weighted by Crippen LogP contribution is 2.44. The van der Waals surface area contributed by atoms with Crippen LogP contribution in [0.4, 0.5) is 17.1 Å². The van der Waals surface area contributed by atoms with Crippen LogP contribution in [0.25, 0.3) is 87.6 Å². The second kappa shape index (κ2) is 13.2. The Morgan fingerprint density at radius 2 is 0.857 bits per heavy atom. The van der Waals surface area contributed by atoms with E-state index in [0.29, 0.717) is 0 Å². The summed E-state index contributed by atoms with van der Waals surface area (Å²) in [6.07, 6.45) is 0. The first-order valence-corrected chi connectivity index (χ1v) is 19.2. The molecule has 0 radical (unpaired) electrons. The molecule has 10 aromatic carbocycles. The lowest BCUT2D eigenvalue weighted by atomic mass is 9.96. The Bertz CT molecular complexity index is 3240. The van der Waals surface area contributed by atoms with E-state index >= 15 is 0 Å². The molecule has 0 bridgehead atoms. The SMILES string of the molecule is c1cc(-c2ccc(-c3cccc4ccccc34)cc2)cc(N(c2ccc(-c3ccc4ccc5ccccc5c4c3)cc2)c2cccc3oc4ccccc4c23)c1. The smallest absolute Gasteiger partial charge is 0.137 e. The lowest BCUT2D eigenvalue weighted by molar-refractivity contribution is 0.669. The Hall–Kier alpha value is -7.42. The number of anilines is 3. The van der Waals surface area contributed by atoms with Crippen LogP contribution in [0.15, 0.2) is 217 Å². The summed E-state index contributed by atoms with van der Waals surface area (Å²) >= 11 is 0. The van der Waals surface area contributed by atoms with Gasteiger partial charge in [-0.3, -0.25) is 0 Å². The first-order chi connectivity index (χ1) is 27.7. The summed E-state index contributed by atoms with van der Waals surface area (Å²) in [4.78, 5) is 2.37. The van der Waals surface area contributed by atoms with Crippen molar-refractivity contribution < 1.29 is 4.42 Å². The van der Waals surface area contributed by atoms with E-state index in [2.05, 4.69) is 205 Å². The maximum Gasteiger partial charge on any atom is 0.137 e. The number of hydrogen-bond acceptors (Lipinski definition) is 2. The molecule has 262 valence electrons. The Balaban J connectivity index is 1.02. The van der Waals surface area contributed by atoms with E-state index in [1.54, 1.807) is 0 Å². The molecule has 2 heteroatoms. The molecule has 1 heterocycles. The Kier molecular flexibility index (Phi) is 7.53. The quantitative estimate of drug-likeness (QED) is 0.160. The first-order valence-electron chi connectivity index (χ1n) is 19.2. The molecular formula is C54H35NO. The molecule has 11 aromatic rings. The third kappa shape index (κ3) is 5.42. The van der Waals surface area contributed by atoms with Crippen molar-refractivity contribution in [1.29, 1.82) is 0 Å². The fourth-order valence-corrected chi connectivity index (χ4v) is 8.50. The highest BCUT2D eigenvalue weighted by atomic mass is 16.3. The number of rotatable bonds is 6. The van der Waals surface area contributed by atoms with Gasteiger partial charge in [0.2, 0.25) is 0 Å². The summed E-state index contributed by atoms with van der Waals surface area (Å²) < 4.78 is 6.40. The lowest BCUT2D eigenvalue weighted by Crippen LogP contribution is -2.10. The van der Waals surface area contributed by atoms with Crippen LogP contribution in [0.2, 0.25) is 0 Å². The summed E-state index contributed by atoms with van der Waals surface area (Å²) in [5.74, 6) is 0. The van der Waals surface area contributed by atoms with E-state index < -0.39 is 0 Å². The van der Waals surface area contributed by atoms with Crippen molar-refractivity contribution in [3.8, 4) is 33.4 Å². The van der Waals surface area contributed by atoms with Crippen LogP contribution in [0.1, 0.15) is 0 Å². The molecule has 2 nitrogen and oxygen atoms in total. The van der Waals surface area contributed by atoms with Gasteiger partial charge in [-0.25, -0.2) is 0 Å². The fourth-order valence-electron chi connectivity index (χ4n) is 8.50. The van der Waals surface area contributed by atoms with Gasteiger partial charge < -0.3 is 9.32 Å². The summed E-state index contributed by atoms with van der Waals surface area (Å²) in [6.45, 7) is 0. The van der Waals surface area contributed by atoms with Crippen LogP contribution in [0.5, 0.6) is 0 Å². The molecule has 1 aromatic heterocycles. The minimum Gasteiger partial charge on any atom is -0.456 e. The normalized spacial score (nSPS) is 11.6. The standard InChI is InChI=1S/C54H35NO/c1-3-15-46-38(10-1)12-8-18-47(46)40-24-22-36(23-25-40)42-13-7-14-45(34-42)55(51-19-9-21-53-54(51)49-17-5-6-20-52(49)56-53)44-32-30-37(31-33-44)43-29-28-41-27-26-39-11-2-4-16-48(39)50(41)35-43/h1-35H. The highest BCUT2D eigenvalue weighted by Gasteiger charge is 2.20. The fraction of sp³-hybridized carbons (Fsp3) is 0. The van der Waals surface area contributed by atoms with Crippen LogP contribution >= 0.6 is 0 Å². The summed E-state index contributed by atoms with van der Waals surface area (Å²) in [6, 6.07) is 76.5. The van der Waals surface area contributed by atoms with E-state index in [1.165, 1.54) is 60.1 Å². The van der Waals surface area contributed by atoms with Crippen molar-refractivity contribution in [2.75, 3.05) is 4.90 Å². The number of furan rings is 1. The van der Waals surface area contributed by atoms with Gasteiger partial charge in [-0.1, -0.05) is 164 Å². The number of benzene rings is 10. The molecule has 0 aliphatic rings. The molecule has 0 amide bonds. The number of nitrogens with zero attached hydrogens (tertiary/aromatic N) is 1.